The summed E-state index contributed by atoms with van der Waals surface area (Å²) in [7, 11) is 0. The van der Waals surface area contributed by atoms with E-state index in [1.165, 1.54) is 0 Å². The lowest BCUT2D eigenvalue weighted by molar-refractivity contribution is -0.139. The first-order chi connectivity index (χ1) is 10.5. The zero-order valence-electron chi connectivity index (χ0n) is 12.9. The monoisotopic (exact) mass is 322 g/mol. The molecule has 1 aromatic rings. The van der Waals surface area contributed by atoms with Crippen molar-refractivity contribution < 1.29 is 9.59 Å². The number of nitrogens with one attached hydrogen (secondary N) is 2. The average molecular weight is 323 g/mol. The molecule has 1 aliphatic rings. The Bertz CT molecular complexity index is 508. The van der Waals surface area contributed by atoms with Gasteiger partial charge in [-0.15, -0.1) is 0 Å². The third-order valence-electron chi connectivity index (χ3n) is 4.17. The Morgan fingerprint density at radius 3 is 2.36 bits per heavy atom. The number of hydrogen-bond donors (Lipinski definition) is 2. The summed E-state index contributed by atoms with van der Waals surface area (Å²) in [5.41, 5.74) is 1.08. The smallest absolute Gasteiger partial charge is 0.309 e. The molecule has 1 aliphatic carbocycles. The third kappa shape index (κ3) is 5.34. The second kappa shape index (κ2) is 8.18. The Morgan fingerprint density at radius 1 is 1.09 bits per heavy atom. The molecule has 0 radical (unpaired) electrons. The number of benzene rings is 1. The highest BCUT2D eigenvalue weighted by molar-refractivity contribution is 6.35. The van der Waals surface area contributed by atoms with Gasteiger partial charge in [0.15, 0.2) is 0 Å². The fraction of sp³-hybridized carbons (Fsp3) is 0.529. The topological polar surface area (TPSA) is 58.2 Å². The minimum atomic E-state index is -0.549. The van der Waals surface area contributed by atoms with E-state index in [-0.39, 0.29) is 6.04 Å². The molecule has 1 fully saturated rings. The fourth-order valence-corrected chi connectivity index (χ4v) is 2.83. The first kappa shape index (κ1) is 16.8. The molecule has 1 saturated carbocycles. The Morgan fingerprint density at radius 2 is 1.73 bits per heavy atom. The molecule has 0 bridgehead atoms. The summed E-state index contributed by atoms with van der Waals surface area (Å²) in [6.45, 7) is 2.66. The SMILES string of the molecule is CC1CCC(NC(=O)C(=O)NCCc2ccc(Cl)cc2)CC1. The molecule has 4 nitrogen and oxygen atoms in total. The molecular formula is C17H23ClN2O2. The van der Waals surface area contributed by atoms with Gasteiger partial charge in [0.1, 0.15) is 0 Å². The Hall–Kier alpha value is -1.55. The van der Waals surface area contributed by atoms with E-state index in [9.17, 15) is 9.59 Å². The highest BCUT2D eigenvalue weighted by atomic mass is 35.5. The van der Waals surface area contributed by atoms with Crippen molar-refractivity contribution in [1.29, 1.82) is 0 Å². The molecule has 0 spiro atoms. The quantitative estimate of drug-likeness (QED) is 0.837. The van der Waals surface area contributed by atoms with Crippen LogP contribution in [0.5, 0.6) is 0 Å². The molecule has 0 aliphatic heterocycles. The van der Waals surface area contributed by atoms with Gasteiger partial charge in [-0.25, -0.2) is 0 Å². The Balaban J connectivity index is 1.68. The van der Waals surface area contributed by atoms with Gasteiger partial charge in [0, 0.05) is 17.6 Å². The molecule has 0 atom stereocenters. The maximum absolute atomic E-state index is 11.8. The minimum absolute atomic E-state index is 0.144. The molecule has 0 saturated heterocycles. The van der Waals surface area contributed by atoms with Crippen LogP contribution in [0.15, 0.2) is 24.3 Å². The molecule has 0 heterocycles. The second-order valence-electron chi connectivity index (χ2n) is 6.06. The van der Waals surface area contributed by atoms with E-state index in [1.54, 1.807) is 0 Å². The van der Waals surface area contributed by atoms with E-state index in [1.807, 2.05) is 24.3 Å². The molecular weight excluding hydrogens is 300 g/mol. The zero-order valence-corrected chi connectivity index (χ0v) is 13.7. The van der Waals surface area contributed by atoms with Crippen molar-refractivity contribution in [3.05, 3.63) is 34.9 Å². The summed E-state index contributed by atoms with van der Waals surface area (Å²) in [6.07, 6.45) is 4.83. The van der Waals surface area contributed by atoms with Gasteiger partial charge in [0.2, 0.25) is 0 Å². The molecule has 22 heavy (non-hydrogen) atoms. The lowest BCUT2D eigenvalue weighted by atomic mass is 9.87. The predicted molar refractivity (Wildman–Crippen MR) is 87.7 cm³/mol. The van der Waals surface area contributed by atoms with Crippen LogP contribution in [0.25, 0.3) is 0 Å². The first-order valence-electron chi connectivity index (χ1n) is 7.87. The Labute approximate surface area is 136 Å². The van der Waals surface area contributed by atoms with Gasteiger partial charge in [0.25, 0.3) is 0 Å². The standard InChI is InChI=1S/C17H23ClN2O2/c1-12-2-8-15(9-3-12)20-17(22)16(21)19-11-10-13-4-6-14(18)7-5-13/h4-7,12,15H,2-3,8-11H2,1H3,(H,19,21)(H,20,22). The van der Waals surface area contributed by atoms with Crippen molar-refractivity contribution in [2.24, 2.45) is 5.92 Å². The summed E-state index contributed by atoms with van der Waals surface area (Å²) in [5.74, 6) is -0.343. The molecule has 2 amide bonds. The molecule has 2 rings (SSSR count). The highest BCUT2D eigenvalue weighted by Crippen LogP contribution is 2.23. The van der Waals surface area contributed by atoms with Gasteiger partial charge in [-0.1, -0.05) is 30.7 Å². The van der Waals surface area contributed by atoms with E-state index in [2.05, 4.69) is 17.6 Å². The van der Waals surface area contributed by atoms with Crippen LogP contribution in [-0.2, 0) is 16.0 Å². The van der Waals surface area contributed by atoms with Gasteiger partial charge in [-0.2, -0.15) is 0 Å². The maximum Gasteiger partial charge on any atom is 0.309 e. The lowest BCUT2D eigenvalue weighted by Crippen LogP contribution is -2.46. The van der Waals surface area contributed by atoms with Crippen LogP contribution >= 0.6 is 11.6 Å². The normalized spacial score (nSPS) is 21.2. The number of carbonyl (C=O) groups is 2. The largest absolute Gasteiger partial charge is 0.348 e. The summed E-state index contributed by atoms with van der Waals surface area (Å²) in [6, 6.07) is 7.60. The van der Waals surface area contributed by atoms with Crippen molar-refractivity contribution in [2.45, 2.75) is 45.1 Å². The molecule has 2 N–H and O–H groups in total. The summed E-state index contributed by atoms with van der Waals surface area (Å²) >= 11 is 5.82. The summed E-state index contributed by atoms with van der Waals surface area (Å²) < 4.78 is 0. The van der Waals surface area contributed by atoms with Crippen LogP contribution in [0.1, 0.15) is 38.2 Å². The van der Waals surface area contributed by atoms with Crippen molar-refractivity contribution in [3.8, 4) is 0 Å². The van der Waals surface area contributed by atoms with Crippen LogP contribution in [0.4, 0.5) is 0 Å². The van der Waals surface area contributed by atoms with Crippen molar-refractivity contribution in [2.75, 3.05) is 6.54 Å². The van der Waals surface area contributed by atoms with Crippen LogP contribution < -0.4 is 10.6 Å². The van der Waals surface area contributed by atoms with Crippen molar-refractivity contribution in [3.63, 3.8) is 0 Å². The highest BCUT2D eigenvalue weighted by Gasteiger charge is 2.22. The van der Waals surface area contributed by atoms with Crippen molar-refractivity contribution >= 4 is 23.4 Å². The third-order valence-corrected chi connectivity index (χ3v) is 4.42. The fourth-order valence-electron chi connectivity index (χ4n) is 2.71. The van der Waals surface area contributed by atoms with E-state index < -0.39 is 11.8 Å². The number of halogens is 1. The van der Waals surface area contributed by atoms with E-state index in [0.717, 1.165) is 37.2 Å². The van der Waals surface area contributed by atoms with E-state index in [0.29, 0.717) is 18.0 Å². The maximum atomic E-state index is 11.8. The number of carbonyl (C=O) groups excluding carboxylic acids is 2. The van der Waals surface area contributed by atoms with Gasteiger partial charge >= 0.3 is 11.8 Å². The zero-order chi connectivity index (χ0) is 15.9. The molecule has 0 aromatic heterocycles. The van der Waals surface area contributed by atoms with Crippen molar-refractivity contribution in [1.82, 2.24) is 10.6 Å². The molecule has 1 aromatic carbocycles. The summed E-state index contributed by atoms with van der Waals surface area (Å²) in [4.78, 5) is 23.6. The van der Waals surface area contributed by atoms with Gasteiger partial charge in [-0.3, -0.25) is 9.59 Å². The van der Waals surface area contributed by atoms with Crippen LogP contribution in [0.2, 0.25) is 5.02 Å². The van der Waals surface area contributed by atoms with E-state index >= 15 is 0 Å². The van der Waals surface area contributed by atoms with Gasteiger partial charge in [0.05, 0.1) is 0 Å². The van der Waals surface area contributed by atoms with Gasteiger partial charge < -0.3 is 10.6 Å². The number of amides is 2. The Kier molecular flexibility index (Phi) is 6.25. The molecule has 120 valence electrons. The van der Waals surface area contributed by atoms with Crippen LogP contribution in [0, 0.1) is 5.92 Å². The first-order valence-corrected chi connectivity index (χ1v) is 8.25. The number of rotatable bonds is 4. The van der Waals surface area contributed by atoms with Crippen LogP contribution in [-0.4, -0.2) is 24.4 Å². The molecule has 0 unspecified atom stereocenters. The minimum Gasteiger partial charge on any atom is -0.348 e. The second-order valence-corrected chi connectivity index (χ2v) is 6.50. The lowest BCUT2D eigenvalue weighted by Gasteiger charge is -2.26. The van der Waals surface area contributed by atoms with Gasteiger partial charge in [-0.05, 0) is 55.7 Å². The van der Waals surface area contributed by atoms with Crippen LogP contribution in [0.3, 0.4) is 0 Å². The molecule has 5 heteroatoms. The van der Waals surface area contributed by atoms with E-state index in [4.69, 9.17) is 11.6 Å². The average Bonchev–Trinajstić information content (AvgIpc) is 2.51. The number of hydrogen-bond acceptors (Lipinski definition) is 2. The summed E-state index contributed by atoms with van der Waals surface area (Å²) in [5, 5.41) is 6.18. The predicted octanol–water partition coefficient (Wildman–Crippen LogP) is 2.69.